The van der Waals surface area contributed by atoms with Gasteiger partial charge < -0.3 is 10.2 Å². The van der Waals surface area contributed by atoms with Gasteiger partial charge in [0.25, 0.3) is 0 Å². The van der Waals surface area contributed by atoms with E-state index in [9.17, 15) is 0 Å². The summed E-state index contributed by atoms with van der Waals surface area (Å²) < 4.78 is 0. The van der Waals surface area contributed by atoms with Crippen LogP contribution in [0.2, 0.25) is 5.15 Å². The molecule has 1 N–H and O–H groups in total. The maximum Gasteiger partial charge on any atom is 0.144 e. The van der Waals surface area contributed by atoms with Crippen LogP contribution in [0, 0.1) is 12.3 Å². The first-order chi connectivity index (χ1) is 8.28. The predicted molar refractivity (Wildman–Crippen MR) is 69.3 cm³/mol. The summed E-state index contributed by atoms with van der Waals surface area (Å²) in [6.45, 7) is 2.09. The summed E-state index contributed by atoms with van der Waals surface area (Å²) in [5.74, 6) is 2.58. The molecule has 4 rings (SSSR count). The molecule has 1 aromatic rings. The first kappa shape index (κ1) is 10.9. The smallest absolute Gasteiger partial charge is 0.144 e. The van der Waals surface area contributed by atoms with Gasteiger partial charge in [-0.25, -0.2) is 4.98 Å². The van der Waals surface area contributed by atoms with E-state index in [0.717, 1.165) is 18.8 Å². The Kier molecular flexibility index (Phi) is 2.70. The topological polar surface area (TPSA) is 28.2 Å². The molecule has 0 amide bonds. The lowest BCUT2D eigenvalue weighted by Gasteiger charge is -2.47. The molecular formula is C13H14ClN3. The van der Waals surface area contributed by atoms with Gasteiger partial charge in [-0.15, -0.1) is 6.42 Å². The Morgan fingerprint density at radius 2 is 2.41 bits per heavy atom. The average Bonchev–Trinajstić information content (AvgIpc) is 2.40. The lowest BCUT2D eigenvalue weighted by molar-refractivity contribution is 0.290. The number of nitrogens with zero attached hydrogens (tertiary/aromatic N) is 2. The van der Waals surface area contributed by atoms with E-state index in [1.54, 1.807) is 0 Å². The zero-order valence-electron chi connectivity index (χ0n) is 9.49. The highest BCUT2D eigenvalue weighted by Gasteiger charge is 2.33. The van der Waals surface area contributed by atoms with Gasteiger partial charge in [-0.3, -0.25) is 0 Å². The number of hydrogen-bond donors (Lipinski definition) is 1. The summed E-state index contributed by atoms with van der Waals surface area (Å²) >= 11 is 5.93. The Morgan fingerprint density at radius 3 is 3.00 bits per heavy atom. The molecule has 88 valence electrons. The van der Waals surface area contributed by atoms with Gasteiger partial charge in [-0.1, -0.05) is 17.5 Å². The van der Waals surface area contributed by atoms with Crippen molar-refractivity contribution in [3.63, 3.8) is 0 Å². The van der Waals surface area contributed by atoms with Crippen molar-refractivity contribution in [1.82, 2.24) is 10.3 Å². The molecule has 0 spiro atoms. The standard InChI is InChI=1S/C13H14ClN3/c1-2-9-5-12(7-16-13(9)14)17-8-10-3-4-11(17)6-15-10/h1,5,7,10-11,15H,3-4,6,8H2/t10-,11-/m0/s1. The van der Waals surface area contributed by atoms with Gasteiger partial charge in [0.15, 0.2) is 0 Å². The Hall–Kier alpha value is -1.24. The normalized spacial score (nSPS) is 26.9. The molecule has 4 heterocycles. The van der Waals surface area contributed by atoms with Crippen LogP contribution in [0.15, 0.2) is 12.3 Å². The number of aromatic nitrogens is 1. The monoisotopic (exact) mass is 247 g/mol. The number of fused-ring (bicyclic) bond motifs is 3. The Morgan fingerprint density at radius 1 is 1.53 bits per heavy atom. The molecule has 2 bridgehead atoms. The molecule has 0 aromatic carbocycles. The highest BCUT2D eigenvalue weighted by Crippen LogP contribution is 2.29. The first-order valence-electron chi connectivity index (χ1n) is 5.90. The highest BCUT2D eigenvalue weighted by molar-refractivity contribution is 6.30. The van der Waals surface area contributed by atoms with Crippen molar-refractivity contribution < 1.29 is 0 Å². The second-order valence-corrected chi connectivity index (χ2v) is 5.02. The Bertz CT molecular complexity index is 472. The second kappa shape index (κ2) is 4.21. The SMILES string of the molecule is C#Cc1cc(N2C[C@@H]3CC[C@H]2CN3)cnc1Cl. The molecule has 3 aliphatic heterocycles. The van der Waals surface area contributed by atoms with Crippen molar-refractivity contribution in [2.75, 3.05) is 18.0 Å². The molecule has 0 radical (unpaired) electrons. The van der Waals surface area contributed by atoms with Gasteiger partial charge in [0.05, 0.1) is 17.4 Å². The van der Waals surface area contributed by atoms with Crippen LogP contribution in [0.3, 0.4) is 0 Å². The lowest BCUT2D eigenvalue weighted by atomic mass is 9.92. The van der Waals surface area contributed by atoms with Gasteiger partial charge in [0, 0.05) is 25.2 Å². The third-order valence-corrected chi connectivity index (χ3v) is 3.96. The molecule has 0 unspecified atom stereocenters. The predicted octanol–water partition coefficient (Wildman–Crippen LogP) is 1.66. The molecule has 3 fully saturated rings. The fraction of sp³-hybridized carbons (Fsp3) is 0.462. The van der Waals surface area contributed by atoms with Gasteiger partial charge in [0.1, 0.15) is 5.15 Å². The zero-order valence-corrected chi connectivity index (χ0v) is 10.2. The van der Waals surface area contributed by atoms with Crippen molar-refractivity contribution in [2.24, 2.45) is 0 Å². The fourth-order valence-electron chi connectivity index (χ4n) is 2.72. The molecular weight excluding hydrogens is 234 g/mol. The van der Waals surface area contributed by atoms with E-state index in [0.29, 0.717) is 22.8 Å². The maximum absolute atomic E-state index is 5.93. The molecule has 1 aromatic heterocycles. The third kappa shape index (κ3) is 1.88. The summed E-state index contributed by atoms with van der Waals surface area (Å²) in [5, 5.41) is 3.94. The Balaban J connectivity index is 1.92. The minimum atomic E-state index is 0.413. The van der Waals surface area contributed by atoms with Crippen molar-refractivity contribution in [3.05, 3.63) is 23.0 Å². The van der Waals surface area contributed by atoms with Crippen LogP contribution >= 0.6 is 11.6 Å². The summed E-state index contributed by atoms with van der Waals surface area (Å²) in [7, 11) is 0. The maximum atomic E-state index is 5.93. The number of terminal acetylenes is 1. The molecule has 3 aliphatic rings. The molecule has 0 aliphatic carbocycles. The van der Waals surface area contributed by atoms with Crippen LogP contribution in [-0.4, -0.2) is 30.2 Å². The highest BCUT2D eigenvalue weighted by atomic mass is 35.5. The number of piperidine rings is 2. The number of halogens is 1. The lowest BCUT2D eigenvalue weighted by Crippen LogP contribution is -2.61. The summed E-state index contributed by atoms with van der Waals surface area (Å²) in [6.07, 6.45) is 9.75. The van der Waals surface area contributed by atoms with E-state index >= 15 is 0 Å². The number of rotatable bonds is 1. The van der Waals surface area contributed by atoms with E-state index in [1.165, 1.54) is 12.8 Å². The summed E-state index contributed by atoms with van der Waals surface area (Å²) in [6, 6.07) is 3.13. The summed E-state index contributed by atoms with van der Waals surface area (Å²) in [5.41, 5.74) is 1.78. The molecule has 4 heteroatoms. The van der Waals surface area contributed by atoms with Gasteiger partial charge in [-0.05, 0) is 18.9 Å². The molecule has 17 heavy (non-hydrogen) atoms. The van der Waals surface area contributed by atoms with Crippen LogP contribution in [-0.2, 0) is 0 Å². The number of hydrogen-bond acceptors (Lipinski definition) is 3. The van der Waals surface area contributed by atoms with Crippen LogP contribution in [0.25, 0.3) is 0 Å². The zero-order chi connectivity index (χ0) is 11.8. The fourth-order valence-corrected chi connectivity index (χ4v) is 2.88. The van der Waals surface area contributed by atoms with Crippen molar-refractivity contribution in [3.8, 4) is 12.3 Å². The van der Waals surface area contributed by atoms with Gasteiger partial charge in [-0.2, -0.15) is 0 Å². The van der Waals surface area contributed by atoms with E-state index in [4.69, 9.17) is 18.0 Å². The van der Waals surface area contributed by atoms with Gasteiger partial charge >= 0.3 is 0 Å². The Labute approximate surface area is 106 Å². The van der Waals surface area contributed by atoms with Crippen molar-refractivity contribution in [1.29, 1.82) is 0 Å². The van der Waals surface area contributed by atoms with Crippen LogP contribution in [0.4, 0.5) is 5.69 Å². The molecule has 3 saturated heterocycles. The average molecular weight is 248 g/mol. The summed E-state index contributed by atoms with van der Waals surface area (Å²) in [4.78, 5) is 6.57. The van der Waals surface area contributed by atoms with E-state index in [1.807, 2.05) is 12.3 Å². The largest absolute Gasteiger partial charge is 0.364 e. The third-order valence-electron chi connectivity index (χ3n) is 3.66. The molecule has 2 atom stereocenters. The van der Waals surface area contributed by atoms with Crippen molar-refractivity contribution in [2.45, 2.75) is 24.9 Å². The number of pyridine rings is 1. The van der Waals surface area contributed by atoms with Crippen LogP contribution < -0.4 is 10.2 Å². The number of nitrogens with one attached hydrogen (secondary N) is 1. The minimum Gasteiger partial charge on any atom is -0.364 e. The minimum absolute atomic E-state index is 0.413. The number of anilines is 1. The molecule has 3 nitrogen and oxygen atoms in total. The van der Waals surface area contributed by atoms with Crippen LogP contribution in [0.1, 0.15) is 18.4 Å². The second-order valence-electron chi connectivity index (χ2n) is 4.66. The van der Waals surface area contributed by atoms with E-state index in [2.05, 4.69) is 21.1 Å². The first-order valence-corrected chi connectivity index (χ1v) is 6.28. The van der Waals surface area contributed by atoms with E-state index < -0.39 is 0 Å². The van der Waals surface area contributed by atoms with Crippen molar-refractivity contribution >= 4 is 17.3 Å². The number of piperazine rings is 1. The van der Waals surface area contributed by atoms with Gasteiger partial charge in [0.2, 0.25) is 0 Å². The quantitative estimate of drug-likeness (QED) is 0.604. The molecule has 0 saturated carbocycles. The van der Waals surface area contributed by atoms with Crippen LogP contribution in [0.5, 0.6) is 0 Å². The van der Waals surface area contributed by atoms with E-state index in [-0.39, 0.29) is 0 Å².